The Bertz CT molecular complexity index is 466. The zero-order valence-corrected chi connectivity index (χ0v) is 13.6. The lowest BCUT2D eigenvalue weighted by Gasteiger charge is -2.27. The van der Waals surface area contributed by atoms with Gasteiger partial charge in [0.05, 0.1) is 25.4 Å². The Balaban J connectivity index is 2.40. The highest BCUT2D eigenvalue weighted by molar-refractivity contribution is 5.65. The third-order valence-corrected chi connectivity index (χ3v) is 3.69. The van der Waals surface area contributed by atoms with Crippen molar-refractivity contribution in [2.45, 2.75) is 44.6 Å². The normalized spacial score (nSPS) is 13.3. The van der Waals surface area contributed by atoms with E-state index < -0.39 is 11.6 Å². The Morgan fingerprint density at radius 2 is 1.96 bits per heavy atom. The molecule has 0 saturated heterocycles. The first-order chi connectivity index (χ1) is 11.0. The number of nitrogens with one attached hydrogen (secondary N) is 1. The van der Waals surface area contributed by atoms with Crippen LogP contribution in [0.5, 0.6) is 5.75 Å². The minimum atomic E-state index is -1.14. The highest BCUT2D eigenvalue weighted by Gasteiger charge is 2.24. The fourth-order valence-electron chi connectivity index (χ4n) is 2.18. The predicted octanol–water partition coefficient (Wildman–Crippen LogP) is 3.16. The number of aryl methyl sites for hydroxylation is 1. The second kappa shape index (κ2) is 10.0. The number of carboxylic acid groups (broad SMARTS) is 1. The first-order valence-electron chi connectivity index (χ1n) is 7.89. The van der Waals surface area contributed by atoms with E-state index in [1.54, 1.807) is 6.92 Å². The van der Waals surface area contributed by atoms with Crippen LogP contribution >= 0.6 is 0 Å². The Kier molecular flexibility index (Phi) is 8.40. The van der Waals surface area contributed by atoms with Crippen LogP contribution < -0.4 is 10.1 Å². The Hall–Kier alpha value is -1.82. The summed E-state index contributed by atoms with van der Waals surface area (Å²) in [5.41, 5.74) is 0.193. The molecule has 0 heterocycles. The number of amides is 1. The summed E-state index contributed by atoms with van der Waals surface area (Å²) in [6.07, 6.45) is 2.24. The summed E-state index contributed by atoms with van der Waals surface area (Å²) < 4.78 is 17.5. The fourth-order valence-corrected chi connectivity index (χ4v) is 2.18. The van der Waals surface area contributed by atoms with E-state index >= 15 is 0 Å². The van der Waals surface area contributed by atoms with Crippen molar-refractivity contribution < 1.29 is 24.1 Å². The van der Waals surface area contributed by atoms with Gasteiger partial charge in [0.15, 0.2) is 0 Å². The van der Waals surface area contributed by atoms with Gasteiger partial charge in [-0.3, -0.25) is 4.39 Å². The largest absolute Gasteiger partial charge is 0.494 e. The van der Waals surface area contributed by atoms with Crippen LogP contribution in [0.25, 0.3) is 0 Å². The standard InChI is InChI=1S/C17H26FNO4/c1-17(13-20,19-16(21)22)10-9-14-5-7-15(8-6-14)23-12-4-2-3-11-18/h5-8,19-20H,2-4,9-13H2,1H3,(H,21,22)/t17-/m1/s1. The Morgan fingerprint density at radius 1 is 1.26 bits per heavy atom. The van der Waals surface area contributed by atoms with E-state index in [1.807, 2.05) is 24.3 Å². The molecule has 1 aromatic carbocycles. The number of benzene rings is 1. The number of hydrogen-bond acceptors (Lipinski definition) is 3. The Morgan fingerprint density at radius 3 is 2.52 bits per heavy atom. The smallest absolute Gasteiger partial charge is 0.405 e. The average Bonchev–Trinajstić information content (AvgIpc) is 2.53. The summed E-state index contributed by atoms with van der Waals surface area (Å²) in [5, 5.41) is 20.5. The molecule has 1 amide bonds. The number of ether oxygens (including phenoxy) is 1. The molecule has 0 saturated carbocycles. The van der Waals surface area contributed by atoms with Gasteiger partial charge in [0.1, 0.15) is 5.75 Å². The summed E-state index contributed by atoms with van der Waals surface area (Å²) in [6.45, 7) is 1.72. The summed E-state index contributed by atoms with van der Waals surface area (Å²) in [5.74, 6) is 0.766. The number of carbonyl (C=O) groups is 1. The lowest BCUT2D eigenvalue weighted by Crippen LogP contribution is -2.48. The summed E-state index contributed by atoms with van der Waals surface area (Å²) in [6, 6.07) is 7.59. The van der Waals surface area contributed by atoms with Gasteiger partial charge >= 0.3 is 6.09 Å². The van der Waals surface area contributed by atoms with Crippen LogP contribution in [0, 0.1) is 0 Å². The average molecular weight is 327 g/mol. The van der Waals surface area contributed by atoms with Gasteiger partial charge in [-0.25, -0.2) is 4.79 Å². The number of alkyl halides is 1. The minimum absolute atomic E-state index is 0.251. The second-order valence-electron chi connectivity index (χ2n) is 5.89. The Labute approximate surface area is 136 Å². The van der Waals surface area contributed by atoms with Crippen LogP contribution in [0.15, 0.2) is 24.3 Å². The van der Waals surface area contributed by atoms with Crippen molar-refractivity contribution in [1.29, 1.82) is 0 Å². The van der Waals surface area contributed by atoms with Crippen molar-refractivity contribution in [3.63, 3.8) is 0 Å². The molecule has 0 spiro atoms. The first kappa shape index (κ1) is 19.2. The van der Waals surface area contributed by atoms with Crippen molar-refractivity contribution in [2.24, 2.45) is 0 Å². The number of hydrogen-bond donors (Lipinski definition) is 3. The maximum absolute atomic E-state index is 11.9. The van der Waals surface area contributed by atoms with Crippen molar-refractivity contribution >= 4 is 6.09 Å². The van der Waals surface area contributed by atoms with Gasteiger partial charge in [0.25, 0.3) is 0 Å². The molecule has 0 aliphatic carbocycles. The van der Waals surface area contributed by atoms with E-state index in [9.17, 15) is 14.3 Å². The van der Waals surface area contributed by atoms with Crippen LogP contribution in [0.3, 0.4) is 0 Å². The lowest BCUT2D eigenvalue weighted by atomic mass is 9.94. The van der Waals surface area contributed by atoms with Crippen LogP contribution in [0.1, 0.15) is 38.2 Å². The lowest BCUT2D eigenvalue weighted by molar-refractivity contribution is 0.141. The number of aliphatic hydroxyl groups is 1. The van der Waals surface area contributed by atoms with Gasteiger partial charge in [-0.2, -0.15) is 0 Å². The second-order valence-corrected chi connectivity index (χ2v) is 5.89. The van der Waals surface area contributed by atoms with E-state index in [-0.39, 0.29) is 13.3 Å². The molecule has 1 aromatic rings. The highest BCUT2D eigenvalue weighted by atomic mass is 19.1. The van der Waals surface area contributed by atoms with E-state index in [0.717, 1.165) is 24.2 Å². The zero-order valence-electron chi connectivity index (χ0n) is 13.6. The van der Waals surface area contributed by atoms with Gasteiger partial charge in [0.2, 0.25) is 0 Å². The van der Waals surface area contributed by atoms with Crippen LogP contribution in [0.4, 0.5) is 9.18 Å². The molecule has 0 fully saturated rings. The van der Waals surface area contributed by atoms with Crippen molar-refractivity contribution in [1.82, 2.24) is 5.32 Å². The molecule has 0 unspecified atom stereocenters. The molecular formula is C17H26FNO4. The van der Waals surface area contributed by atoms with E-state index in [4.69, 9.17) is 9.84 Å². The fraction of sp³-hybridized carbons (Fsp3) is 0.588. The molecule has 0 aliphatic heterocycles. The third-order valence-electron chi connectivity index (χ3n) is 3.69. The van der Waals surface area contributed by atoms with Crippen LogP contribution in [-0.4, -0.2) is 41.7 Å². The summed E-state index contributed by atoms with van der Waals surface area (Å²) in [7, 11) is 0. The number of aliphatic hydroxyl groups excluding tert-OH is 1. The number of unbranched alkanes of at least 4 members (excludes halogenated alkanes) is 2. The van der Waals surface area contributed by atoms with Crippen molar-refractivity contribution in [3.8, 4) is 5.75 Å². The third kappa shape index (κ3) is 7.83. The topological polar surface area (TPSA) is 78.8 Å². The first-order valence-corrected chi connectivity index (χ1v) is 7.89. The van der Waals surface area contributed by atoms with Gasteiger partial charge in [-0.05, 0) is 56.7 Å². The van der Waals surface area contributed by atoms with E-state index in [0.29, 0.717) is 25.9 Å². The quantitative estimate of drug-likeness (QED) is 0.546. The maximum Gasteiger partial charge on any atom is 0.405 e. The molecule has 1 atom stereocenters. The van der Waals surface area contributed by atoms with Gasteiger partial charge in [-0.15, -0.1) is 0 Å². The molecule has 0 radical (unpaired) electrons. The molecule has 1 rings (SSSR count). The van der Waals surface area contributed by atoms with Crippen molar-refractivity contribution in [2.75, 3.05) is 19.9 Å². The van der Waals surface area contributed by atoms with E-state index in [1.165, 1.54) is 0 Å². The minimum Gasteiger partial charge on any atom is -0.494 e. The highest BCUT2D eigenvalue weighted by Crippen LogP contribution is 2.17. The molecule has 0 aromatic heterocycles. The molecule has 0 aliphatic rings. The van der Waals surface area contributed by atoms with E-state index in [2.05, 4.69) is 5.32 Å². The molecular weight excluding hydrogens is 301 g/mol. The molecule has 5 nitrogen and oxygen atoms in total. The van der Waals surface area contributed by atoms with Gasteiger partial charge in [0, 0.05) is 0 Å². The molecule has 23 heavy (non-hydrogen) atoms. The molecule has 3 N–H and O–H groups in total. The summed E-state index contributed by atoms with van der Waals surface area (Å²) in [4.78, 5) is 10.7. The van der Waals surface area contributed by atoms with Gasteiger partial charge < -0.3 is 20.3 Å². The summed E-state index contributed by atoms with van der Waals surface area (Å²) >= 11 is 0. The monoisotopic (exact) mass is 327 g/mol. The molecule has 130 valence electrons. The van der Waals surface area contributed by atoms with Crippen LogP contribution in [-0.2, 0) is 6.42 Å². The number of halogens is 1. The molecule has 6 heteroatoms. The van der Waals surface area contributed by atoms with Gasteiger partial charge in [-0.1, -0.05) is 12.1 Å². The number of rotatable bonds is 11. The maximum atomic E-state index is 11.9. The molecule has 0 bridgehead atoms. The predicted molar refractivity (Wildman–Crippen MR) is 86.7 cm³/mol. The zero-order chi connectivity index (χ0) is 17.1. The van der Waals surface area contributed by atoms with Crippen LogP contribution in [0.2, 0.25) is 0 Å². The SMILES string of the molecule is C[C@](CO)(CCc1ccc(OCCCCCF)cc1)NC(=O)O. The van der Waals surface area contributed by atoms with Crippen molar-refractivity contribution in [3.05, 3.63) is 29.8 Å².